The molecule has 2 aromatic heterocycles. The minimum atomic E-state index is -0.137. The number of rotatable bonds is 7. The van der Waals surface area contributed by atoms with Crippen LogP contribution in [0.4, 0.5) is 5.95 Å². The fourth-order valence-electron chi connectivity index (χ4n) is 3.94. The first kappa shape index (κ1) is 21.6. The van der Waals surface area contributed by atoms with E-state index in [1.165, 1.54) is 0 Å². The molecule has 0 saturated carbocycles. The van der Waals surface area contributed by atoms with Crippen molar-refractivity contribution in [2.24, 2.45) is 13.0 Å². The lowest BCUT2D eigenvalue weighted by molar-refractivity contribution is 0.0935. The number of nitrogens with zero attached hydrogens (tertiary/aromatic N) is 5. The third kappa shape index (κ3) is 4.66. The summed E-state index contributed by atoms with van der Waals surface area (Å²) in [6.07, 6.45) is 5.49. The Morgan fingerprint density at radius 2 is 1.88 bits per heavy atom. The molecule has 1 saturated heterocycles. The molecule has 1 fully saturated rings. The number of methoxy groups -OCH3 is 2. The summed E-state index contributed by atoms with van der Waals surface area (Å²) in [6.45, 7) is 2.40. The number of hydrogen-bond donors (Lipinski definition) is 1. The Labute approximate surface area is 187 Å². The average Bonchev–Trinajstić information content (AvgIpc) is 3.24. The van der Waals surface area contributed by atoms with Crippen molar-refractivity contribution >= 4 is 11.9 Å². The van der Waals surface area contributed by atoms with E-state index in [0.717, 1.165) is 37.4 Å². The van der Waals surface area contributed by atoms with Crippen LogP contribution in [-0.4, -0.2) is 59.5 Å². The first-order valence-corrected chi connectivity index (χ1v) is 10.7. The van der Waals surface area contributed by atoms with Crippen molar-refractivity contribution in [3.05, 3.63) is 48.4 Å². The van der Waals surface area contributed by atoms with Crippen molar-refractivity contribution in [3.8, 4) is 22.8 Å². The highest BCUT2D eigenvalue weighted by atomic mass is 16.5. The Morgan fingerprint density at radius 3 is 2.56 bits per heavy atom. The van der Waals surface area contributed by atoms with Gasteiger partial charge in [-0.15, -0.1) is 0 Å². The summed E-state index contributed by atoms with van der Waals surface area (Å²) in [5, 5.41) is 7.60. The molecule has 168 valence electrons. The topological polar surface area (TPSA) is 94.4 Å². The van der Waals surface area contributed by atoms with Crippen molar-refractivity contribution in [2.75, 3.05) is 38.8 Å². The van der Waals surface area contributed by atoms with Crippen LogP contribution in [0.15, 0.2) is 42.7 Å². The van der Waals surface area contributed by atoms with Gasteiger partial charge in [0.1, 0.15) is 17.2 Å². The van der Waals surface area contributed by atoms with Gasteiger partial charge in [0.2, 0.25) is 5.95 Å². The van der Waals surface area contributed by atoms with E-state index in [9.17, 15) is 4.79 Å². The molecule has 0 spiro atoms. The molecule has 32 heavy (non-hydrogen) atoms. The van der Waals surface area contributed by atoms with Crippen molar-refractivity contribution in [2.45, 2.75) is 12.8 Å². The van der Waals surface area contributed by atoms with Crippen molar-refractivity contribution in [1.82, 2.24) is 25.1 Å². The molecule has 3 heterocycles. The number of piperidine rings is 1. The van der Waals surface area contributed by atoms with Gasteiger partial charge in [0.25, 0.3) is 5.91 Å². The van der Waals surface area contributed by atoms with Crippen molar-refractivity contribution in [1.29, 1.82) is 0 Å². The summed E-state index contributed by atoms with van der Waals surface area (Å²) in [7, 11) is 4.99. The zero-order valence-electron chi connectivity index (χ0n) is 18.6. The standard InChI is InChI=1S/C23H28N6O3/c1-28-20(14-19(27-28)18-13-17(31-2)5-6-21(18)32-3)22(30)26-15-16-7-11-29(12-8-16)23-24-9-4-10-25-23/h4-6,9-10,13-14,16H,7-8,11-12,15H2,1-3H3,(H,26,30). The molecule has 1 aliphatic rings. The van der Waals surface area contributed by atoms with Crippen LogP contribution in [0.25, 0.3) is 11.3 Å². The normalized spacial score (nSPS) is 14.3. The molecular formula is C23H28N6O3. The number of nitrogens with one attached hydrogen (secondary N) is 1. The van der Waals surface area contributed by atoms with Crippen LogP contribution in [0.1, 0.15) is 23.3 Å². The number of amides is 1. The van der Waals surface area contributed by atoms with Crippen LogP contribution in [0.3, 0.4) is 0 Å². The molecule has 4 rings (SSSR count). The van der Waals surface area contributed by atoms with Gasteiger partial charge in [0, 0.05) is 44.6 Å². The number of hydrogen-bond acceptors (Lipinski definition) is 7. The molecule has 0 bridgehead atoms. The molecule has 9 nitrogen and oxygen atoms in total. The Kier molecular flexibility index (Phi) is 6.53. The third-order valence-corrected chi connectivity index (χ3v) is 5.80. The molecule has 1 aromatic carbocycles. The fraction of sp³-hybridized carbons (Fsp3) is 0.391. The van der Waals surface area contributed by atoms with Crippen LogP contribution < -0.4 is 19.7 Å². The van der Waals surface area contributed by atoms with Crippen LogP contribution in [0, 0.1) is 5.92 Å². The molecule has 1 N–H and O–H groups in total. The van der Waals surface area contributed by atoms with Gasteiger partial charge < -0.3 is 19.7 Å². The first-order valence-electron chi connectivity index (χ1n) is 10.7. The lowest BCUT2D eigenvalue weighted by atomic mass is 9.97. The van der Waals surface area contributed by atoms with Crippen molar-refractivity contribution in [3.63, 3.8) is 0 Å². The molecule has 9 heteroatoms. The first-order chi connectivity index (χ1) is 15.6. The number of aryl methyl sites for hydroxylation is 1. The van der Waals surface area contributed by atoms with Gasteiger partial charge in [-0.25, -0.2) is 9.97 Å². The molecule has 3 aromatic rings. The highest BCUT2D eigenvalue weighted by molar-refractivity contribution is 5.94. The van der Waals surface area contributed by atoms with E-state index in [0.29, 0.717) is 35.3 Å². The average molecular weight is 437 g/mol. The van der Waals surface area contributed by atoms with Crippen molar-refractivity contribution < 1.29 is 14.3 Å². The van der Waals surface area contributed by atoms with Crippen LogP contribution >= 0.6 is 0 Å². The summed E-state index contributed by atoms with van der Waals surface area (Å²) in [6, 6.07) is 9.11. The zero-order chi connectivity index (χ0) is 22.5. The summed E-state index contributed by atoms with van der Waals surface area (Å²) in [4.78, 5) is 23.7. The van der Waals surface area contributed by atoms with Gasteiger partial charge in [0.15, 0.2) is 0 Å². The maximum Gasteiger partial charge on any atom is 0.269 e. The Hall–Kier alpha value is -3.62. The SMILES string of the molecule is COc1ccc(OC)c(-c2cc(C(=O)NCC3CCN(c4ncccn4)CC3)n(C)n2)c1. The Morgan fingerprint density at radius 1 is 1.12 bits per heavy atom. The van der Waals surface area contributed by atoms with E-state index < -0.39 is 0 Å². The number of carbonyl (C=O) groups excluding carboxylic acids is 1. The van der Waals surface area contributed by atoms with E-state index in [1.54, 1.807) is 44.4 Å². The molecule has 0 atom stereocenters. The smallest absolute Gasteiger partial charge is 0.269 e. The number of anilines is 1. The Balaban J connectivity index is 1.37. The second-order valence-corrected chi connectivity index (χ2v) is 7.79. The van der Waals surface area contributed by atoms with E-state index in [2.05, 4.69) is 25.3 Å². The maximum atomic E-state index is 12.9. The maximum absolute atomic E-state index is 12.9. The Bertz CT molecular complexity index is 1060. The summed E-state index contributed by atoms with van der Waals surface area (Å²) in [5.41, 5.74) is 1.93. The highest BCUT2D eigenvalue weighted by Gasteiger charge is 2.23. The monoisotopic (exact) mass is 436 g/mol. The van der Waals surface area contributed by atoms with Gasteiger partial charge >= 0.3 is 0 Å². The number of aromatic nitrogens is 4. The molecule has 0 unspecified atom stereocenters. The minimum Gasteiger partial charge on any atom is -0.497 e. The zero-order valence-corrected chi connectivity index (χ0v) is 18.6. The molecular weight excluding hydrogens is 408 g/mol. The van der Waals surface area contributed by atoms with Gasteiger partial charge in [-0.05, 0) is 49.1 Å². The minimum absolute atomic E-state index is 0.137. The molecule has 1 amide bonds. The number of ether oxygens (including phenoxy) is 2. The summed E-state index contributed by atoms with van der Waals surface area (Å²) in [5.74, 6) is 2.42. The predicted octanol–water partition coefficient (Wildman–Crippen LogP) is 2.54. The molecule has 0 radical (unpaired) electrons. The third-order valence-electron chi connectivity index (χ3n) is 5.80. The largest absolute Gasteiger partial charge is 0.497 e. The fourth-order valence-corrected chi connectivity index (χ4v) is 3.94. The van der Waals surface area contributed by atoms with Gasteiger partial charge in [-0.1, -0.05) is 0 Å². The summed E-state index contributed by atoms with van der Waals surface area (Å²) < 4.78 is 12.4. The highest BCUT2D eigenvalue weighted by Crippen LogP contribution is 2.33. The lowest BCUT2D eigenvalue weighted by Crippen LogP contribution is -2.39. The van der Waals surface area contributed by atoms with E-state index in [1.807, 2.05) is 24.3 Å². The van der Waals surface area contributed by atoms with Gasteiger partial charge in [-0.2, -0.15) is 5.10 Å². The van der Waals surface area contributed by atoms with E-state index in [-0.39, 0.29) is 5.91 Å². The summed E-state index contributed by atoms with van der Waals surface area (Å²) >= 11 is 0. The van der Waals surface area contributed by atoms with Crippen LogP contribution in [-0.2, 0) is 7.05 Å². The van der Waals surface area contributed by atoms with Crippen LogP contribution in [0.5, 0.6) is 11.5 Å². The molecule has 1 aliphatic heterocycles. The predicted molar refractivity (Wildman–Crippen MR) is 121 cm³/mol. The second-order valence-electron chi connectivity index (χ2n) is 7.79. The number of benzene rings is 1. The second kappa shape index (κ2) is 9.67. The lowest BCUT2D eigenvalue weighted by Gasteiger charge is -2.31. The molecule has 0 aliphatic carbocycles. The quantitative estimate of drug-likeness (QED) is 0.608. The van der Waals surface area contributed by atoms with E-state index in [4.69, 9.17) is 9.47 Å². The number of carbonyl (C=O) groups is 1. The van der Waals surface area contributed by atoms with Crippen LogP contribution in [0.2, 0.25) is 0 Å². The van der Waals surface area contributed by atoms with Gasteiger partial charge in [-0.3, -0.25) is 9.48 Å². The van der Waals surface area contributed by atoms with Gasteiger partial charge in [0.05, 0.1) is 19.9 Å². The van der Waals surface area contributed by atoms with E-state index >= 15 is 0 Å².